The van der Waals surface area contributed by atoms with E-state index in [1.165, 1.54) is 5.56 Å². The van der Waals surface area contributed by atoms with E-state index in [1.807, 2.05) is 6.92 Å². The molecule has 2 rings (SSSR count). The van der Waals surface area contributed by atoms with Gasteiger partial charge in [0.15, 0.2) is 0 Å². The van der Waals surface area contributed by atoms with Gasteiger partial charge in [0.25, 0.3) is 0 Å². The maximum absolute atomic E-state index is 6.15. The highest BCUT2D eigenvalue weighted by Gasteiger charge is 2.52. The minimum Gasteiger partial charge on any atom is -0.399 e. The van der Waals surface area contributed by atoms with Crippen LogP contribution in [0.2, 0.25) is 0 Å². The molecule has 3 nitrogen and oxygen atoms in total. The van der Waals surface area contributed by atoms with Crippen LogP contribution in [0.15, 0.2) is 6.07 Å². The molecule has 0 N–H and O–H groups in total. The van der Waals surface area contributed by atoms with Crippen LogP contribution in [-0.2, 0) is 14.7 Å². The predicted molar refractivity (Wildman–Crippen MR) is 88.1 cm³/mol. The fourth-order valence-corrected chi connectivity index (χ4v) is 2.69. The van der Waals surface area contributed by atoms with Crippen molar-refractivity contribution in [3.8, 4) is 0 Å². The van der Waals surface area contributed by atoms with E-state index >= 15 is 0 Å². The number of pyridine rings is 1. The maximum atomic E-state index is 6.15. The Balaban J connectivity index is 2.42. The lowest BCUT2D eigenvalue weighted by Gasteiger charge is -2.32. The van der Waals surface area contributed by atoms with Crippen molar-refractivity contribution in [1.29, 1.82) is 0 Å². The zero-order valence-electron chi connectivity index (χ0n) is 14.9. The predicted octanol–water partition coefficient (Wildman–Crippen LogP) is 3.30. The Kier molecular flexibility index (Phi) is 3.79. The Hall–Kier alpha value is -0.865. The molecule has 0 radical (unpaired) electrons. The Morgan fingerprint density at radius 3 is 1.90 bits per heavy atom. The van der Waals surface area contributed by atoms with Gasteiger partial charge in [0.05, 0.1) is 11.2 Å². The molecule has 1 saturated heterocycles. The number of hydrogen-bond donors (Lipinski definition) is 0. The molecule has 4 heteroatoms. The molecule has 0 atom stereocenters. The van der Waals surface area contributed by atoms with Crippen LogP contribution in [0.5, 0.6) is 0 Å². The zero-order chi connectivity index (χ0) is 16.2. The largest absolute Gasteiger partial charge is 0.496 e. The van der Waals surface area contributed by atoms with Gasteiger partial charge in [-0.2, -0.15) is 0 Å². The van der Waals surface area contributed by atoms with Crippen molar-refractivity contribution in [2.75, 3.05) is 0 Å². The van der Waals surface area contributed by atoms with E-state index < -0.39 is 0 Å². The van der Waals surface area contributed by atoms with Crippen LogP contribution in [-0.4, -0.2) is 23.3 Å². The Morgan fingerprint density at radius 1 is 1.00 bits per heavy atom. The summed E-state index contributed by atoms with van der Waals surface area (Å²) in [5.41, 5.74) is 3.77. The van der Waals surface area contributed by atoms with Gasteiger partial charge in [0.2, 0.25) is 0 Å². The average Bonchev–Trinajstić information content (AvgIpc) is 2.49. The smallest absolute Gasteiger partial charge is 0.399 e. The second kappa shape index (κ2) is 4.82. The van der Waals surface area contributed by atoms with E-state index in [9.17, 15) is 0 Å². The van der Waals surface area contributed by atoms with Gasteiger partial charge in [-0.3, -0.25) is 4.98 Å². The van der Waals surface area contributed by atoms with Crippen molar-refractivity contribution in [2.24, 2.45) is 0 Å². The van der Waals surface area contributed by atoms with Crippen LogP contribution in [0, 0.1) is 13.8 Å². The van der Waals surface area contributed by atoms with Gasteiger partial charge in [-0.05, 0) is 47.1 Å². The molecule has 1 aliphatic heterocycles. The molecule has 0 aromatic carbocycles. The Bertz CT molecular complexity index is 543. The highest BCUT2D eigenvalue weighted by molar-refractivity contribution is 6.62. The third-order valence-electron chi connectivity index (χ3n) is 4.66. The highest BCUT2D eigenvalue weighted by Crippen LogP contribution is 2.37. The molecule has 1 fully saturated rings. The van der Waals surface area contributed by atoms with Crippen LogP contribution in [0.1, 0.15) is 65.4 Å². The fourth-order valence-electron chi connectivity index (χ4n) is 2.69. The van der Waals surface area contributed by atoms with E-state index in [4.69, 9.17) is 14.3 Å². The Morgan fingerprint density at radius 2 is 1.48 bits per heavy atom. The lowest BCUT2D eigenvalue weighted by atomic mass is 9.76. The van der Waals surface area contributed by atoms with Crippen LogP contribution in [0.4, 0.5) is 0 Å². The highest BCUT2D eigenvalue weighted by atomic mass is 16.7. The van der Waals surface area contributed by atoms with Gasteiger partial charge in [0.1, 0.15) is 0 Å². The van der Waals surface area contributed by atoms with E-state index in [1.54, 1.807) is 0 Å². The zero-order valence-corrected chi connectivity index (χ0v) is 14.9. The van der Waals surface area contributed by atoms with E-state index in [0.29, 0.717) is 0 Å². The van der Waals surface area contributed by atoms with Crippen molar-refractivity contribution in [1.82, 2.24) is 4.98 Å². The first kappa shape index (κ1) is 16.5. The molecular weight excluding hydrogens is 261 g/mol. The van der Waals surface area contributed by atoms with E-state index in [-0.39, 0.29) is 23.7 Å². The summed E-state index contributed by atoms with van der Waals surface area (Å²) in [6.45, 7) is 19.0. The maximum Gasteiger partial charge on any atom is 0.496 e. The molecule has 0 saturated carbocycles. The molecule has 0 spiro atoms. The number of aryl methyl sites for hydroxylation is 2. The van der Waals surface area contributed by atoms with Crippen molar-refractivity contribution in [2.45, 2.75) is 78.9 Å². The van der Waals surface area contributed by atoms with E-state index in [0.717, 1.165) is 16.9 Å². The minimum atomic E-state index is -0.338. The second-order valence-corrected chi connectivity index (χ2v) is 8.17. The van der Waals surface area contributed by atoms with Gasteiger partial charge >= 0.3 is 7.12 Å². The van der Waals surface area contributed by atoms with Gasteiger partial charge in [-0.15, -0.1) is 0 Å². The number of aromatic nitrogens is 1. The summed E-state index contributed by atoms with van der Waals surface area (Å²) < 4.78 is 12.3. The average molecular weight is 289 g/mol. The monoisotopic (exact) mass is 289 g/mol. The van der Waals surface area contributed by atoms with Crippen molar-refractivity contribution in [3.63, 3.8) is 0 Å². The summed E-state index contributed by atoms with van der Waals surface area (Å²) in [6, 6.07) is 2.17. The van der Waals surface area contributed by atoms with Crippen LogP contribution in [0.25, 0.3) is 0 Å². The number of hydrogen-bond acceptors (Lipinski definition) is 3. The molecule has 1 aromatic heterocycles. The summed E-state index contributed by atoms with van der Waals surface area (Å²) in [4.78, 5) is 4.82. The molecule has 0 amide bonds. The standard InChI is InChI=1S/C17H28BNO2/c1-11-10-13(12(2)19-14(11)15(3,4)5)18-20-16(6,7)17(8,9)21-18/h10H,1-9H3. The van der Waals surface area contributed by atoms with E-state index in [2.05, 4.69) is 61.5 Å². The van der Waals surface area contributed by atoms with Gasteiger partial charge in [-0.25, -0.2) is 0 Å². The molecule has 1 aliphatic rings. The van der Waals surface area contributed by atoms with Crippen molar-refractivity contribution >= 4 is 12.6 Å². The van der Waals surface area contributed by atoms with Crippen LogP contribution < -0.4 is 5.46 Å². The topological polar surface area (TPSA) is 31.4 Å². The SMILES string of the molecule is Cc1cc(B2OC(C)(C)C(C)(C)O2)c(C)nc1C(C)(C)C. The molecule has 0 aliphatic carbocycles. The molecular formula is C17H28BNO2. The number of nitrogens with zero attached hydrogens (tertiary/aromatic N) is 1. The Labute approximate surface area is 129 Å². The molecule has 116 valence electrons. The first-order valence-corrected chi connectivity index (χ1v) is 7.69. The molecule has 21 heavy (non-hydrogen) atoms. The van der Waals surface area contributed by atoms with Crippen molar-refractivity contribution < 1.29 is 9.31 Å². The first-order chi connectivity index (χ1) is 9.35. The third kappa shape index (κ3) is 2.88. The lowest BCUT2D eigenvalue weighted by molar-refractivity contribution is 0.00578. The summed E-state index contributed by atoms with van der Waals surface area (Å²) in [6.07, 6.45) is 0. The summed E-state index contributed by atoms with van der Waals surface area (Å²) in [5, 5.41) is 0. The molecule has 0 bridgehead atoms. The summed E-state index contributed by atoms with van der Waals surface area (Å²) >= 11 is 0. The first-order valence-electron chi connectivity index (χ1n) is 7.69. The third-order valence-corrected chi connectivity index (χ3v) is 4.66. The fraction of sp³-hybridized carbons (Fsp3) is 0.706. The lowest BCUT2D eigenvalue weighted by Crippen LogP contribution is -2.41. The second-order valence-electron chi connectivity index (χ2n) is 8.17. The molecule has 1 aromatic rings. The summed E-state index contributed by atoms with van der Waals surface area (Å²) in [5.74, 6) is 0. The quantitative estimate of drug-likeness (QED) is 0.743. The van der Waals surface area contributed by atoms with Gasteiger partial charge in [0, 0.05) is 22.3 Å². The normalized spacial score (nSPS) is 20.9. The molecule has 0 unspecified atom stereocenters. The summed E-state index contributed by atoms with van der Waals surface area (Å²) in [7, 11) is -0.338. The van der Waals surface area contributed by atoms with Crippen LogP contribution in [0.3, 0.4) is 0 Å². The van der Waals surface area contributed by atoms with Crippen molar-refractivity contribution in [3.05, 3.63) is 23.0 Å². The van der Waals surface area contributed by atoms with Gasteiger partial charge in [-0.1, -0.05) is 26.8 Å². The number of rotatable bonds is 1. The molecule has 2 heterocycles. The van der Waals surface area contributed by atoms with Gasteiger partial charge < -0.3 is 9.31 Å². The minimum absolute atomic E-state index is 0.0449. The van der Waals surface area contributed by atoms with Crippen LogP contribution >= 0.6 is 0 Å².